The molecule has 0 aliphatic heterocycles. The molecule has 0 spiro atoms. The first-order chi connectivity index (χ1) is 13.0. The number of aromatic nitrogens is 2. The number of H-pyrrole nitrogens is 1. The zero-order chi connectivity index (χ0) is 19.4. The quantitative estimate of drug-likeness (QED) is 0.621. The summed E-state index contributed by atoms with van der Waals surface area (Å²) in [6.07, 6.45) is -0.621. The van der Waals surface area contributed by atoms with Gasteiger partial charge in [0.1, 0.15) is 10.7 Å². The average molecular weight is 388 g/mol. The van der Waals surface area contributed by atoms with Crippen LogP contribution in [0.4, 0.5) is 0 Å². The van der Waals surface area contributed by atoms with Crippen LogP contribution in [0.5, 0.6) is 0 Å². The van der Waals surface area contributed by atoms with E-state index in [4.69, 9.17) is 4.74 Å². The van der Waals surface area contributed by atoms with Crippen molar-refractivity contribution in [2.45, 2.75) is 26.5 Å². The fourth-order valence-electron chi connectivity index (χ4n) is 3.07. The molecular weight excluding hydrogens is 362 g/mol. The summed E-state index contributed by atoms with van der Waals surface area (Å²) >= 11 is 1.54. The highest BCUT2D eigenvalue weighted by molar-refractivity contribution is 7.18. The molecule has 2 heterocycles. The number of aliphatic hydroxyl groups is 1. The fraction of sp³-hybridized carbons (Fsp3) is 0.400. The zero-order valence-electron chi connectivity index (χ0n) is 15.9. The van der Waals surface area contributed by atoms with Crippen molar-refractivity contribution in [3.8, 4) is 0 Å². The van der Waals surface area contributed by atoms with Crippen LogP contribution in [0.3, 0.4) is 0 Å². The Hall–Kier alpha value is -2.06. The normalized spacial score (nSPS) is 12.8. The number of nitrogens with zero attached hydrogens (tertiary/aromatic N) is 2. The second-order valence-electron chi connectivity index (χ2n) is 6.63. The van der Waals surface area contributed by atoms with E-state index in [1.54, 1.807) is 7.11 Å². The molecule has 0 fully saturated rings. The summed E-state index contributed by atoms with van der Waals surface area (Å²) in [6.45, 7) is 5.98. The minimum Gasteiger partial charge on any atom is -0.387 e. The third-order valence-electron chi connectivity index (χ3n) is 4.69. The Morgan fingerprint density at radius 1 is 1.30 bits per heavy atom. The van der Waals surface area contributed by atoms with E-state index in [2.05, 4.69) is 9.97 Å². The molecule has 6 nitrogen and oxygen atoms in total. The van der Waals surface area contributed by atoms with Crippen LogP contribution < -0.4 is 5.56 Å². The number of thiophene rings is 1. The maximum atomic E-state index is 12.5. The number of nitrogens with one attached hydrogen (secondary N) is 1. The van der Waals surface area contributed by atoms with Crippen LogP contribution in [0.2, 0.25) is 0 Å². The zero-order valence-corrected chi connectivity index (χ0v) is 16.7. The number of rotatable bonds is 8. The lowest BCUT2D eigenvalue weighted by Crippen LogP contribution is -2.32. The minimum atomic E-state index is -0.621. The molecule has 0 saturated carbocycles. The molecule has 1 aromatic carbocycles. The Morgan fingerprint density at radius 3 is 2.74 bits per heavy atom. The summed E-state index contributed by atoms with van der Waals surface area (Å²) in [5.41, 5.74) is 1.75. The van der Waals surface area contributed by atoms with Crippen molar-refractivity contribution in [3.05, 3.63) is 62.5 Å². The first-order valence-corrected chi connectivity index (χ1v) is 9.74. The second kappa shape index (κ2) is 8.75. The highest BCUT2D eigenvalue weighted by Crippen LogP contribution is 2.26. The first kappa shape index (κ1) is 19.7. The molecule has 0 aliphatic rings. The number of aliphatic hydroxyl groups excluding tert-OH is 1. The van der Waals surface area contributed by atoms with Crippen molar-refractivity contribution < 1.29 is 9.84 Å². The number of aryl methyl sites for hydroxylation is 2. The maximum Gasteiger partial charge on any atom is 0.259 e. The van der Waals surface area contributed by atoms with Crippen LogP contribution in [0, 0.1) is 13.8 Å². The molecule has 0 saturated heterocycles. The van der Waals surface area contributed by atoms with Crippen LogP contribution in [0.15, 0.2) is 35.1 Å². The number of aromatic amines is 1. The smallest absolute Gasteiger partial charge is 0.259 e. The van der Waals surface area contributed by atoms with Gasteiger partial charge in [0.2, 0.25) is 0 Å². The highest BCUT2D eigenvalue weighted by atomic mass is 32.1. The van der Waals surface area contributed by atoms with Crippen molar-refractivity contribution in [2.75, 3.05) is 26.8 Å². The molecule has 0 aliphatic carbocycles. The van der Waals surface area contributed by atoms with Crippen LogP contribution in [-0.4, -0.2) is 46.8 Å². The van der Waals surface area contributed by atoms with E-state index < -0.39 is 6.10 Å². The molecule has 7 heteroatoms. The van der Waals surface area contributed by atoms with Crippen LogP contribution >= 0.6 is 11.3 Å². The van der Waals surface area contributed by atoms with Gasteiger partial charge in [-0.05, 0) is 25.0 Å². The fourth-order valence-corrected chi connectivity index (χ4v) is 4.12. The molecule has 0 unspecified atom stereocenters. The van der Waals surface area contributed by atoms with Gasteiger partial charge in [-0.1, -0.05) is 30.3 Å². The Morgan fingerprint density at radius 2 is 2.04 bits per heavy atom. The topological polar surface area (TPSA) is 78.5 Å². The lowest BCUT2D eigenvalue weighted by molar-refractivity contribution is 0.0835. The van der Waals surface area contributed by atoms with E-state index in [0.29, 0.717) is 37.5 Å². The van der Waals surface area contributed by atoms with E-state index in [1.165, 1.54) is 11.3 Å². The van der Waals surface area contributed by atoms with Gasteiger partial charge in [-0.2, -0.15) is 0 Å². The molecule has 0 bridgehead atoms. The van der Waals surface area contributed by atoms with Crippen molar-refractivity contribution in [2.24, 2.45) is 0 Å². The van der Waals surface area contributed by atoms with Gasteiger partial charge in [0.15, 0.2) is 0 Å². The largest absolute Gasteiger partial charge is 0.387 e. The summed E-state index contributed by atoms with van der Waals surface area (Å²) in [6, 6.07) is 9.55. The van der Waals surface area contributed by atoms with Crippen molar-refractivity contribution in [3.63, 3.8) is 0 Å². The van der Waals surface area contributed by atoms with E-state index >= 15 is 0 Å². The average Bonchev–Trinajstić information content (AvgIpc) is 2.94. The van der Waals surface area contributed by atoms with E-state index in [1.807, 2.05) is 49.1 Å². The Labute approximate surface area is 162 Å². The van der Waals surface area contributed by atoms with Gasteiger partial charge >= 0.3 is 0 Å². The monoisotopic (exact) mass is 387 g/mol. The molecule has 3 rings (SSSR count). The highest BCUT2D eigenvalue weighted by Gasteiger charge is 2.17. The van der Waals surface area contributed by atoms with Gasteiger partial charge in [0, 0.05) is 25.1 Å². The lowest BCUT2D eigenvalue weighted by Gasteiger charge is -2.24. The summed E-state index contributed by atoms with van der Waals surface area (Å²) in [5, 5.41) is 11.2. The standard InChI is InChI=1S/C20H25N3O3S/c1-13-14(2)27-20-18(13)19(25)21-17(22-20)12-23(9-10-26-3)11-16(24)15-7-5-4-6-8-15/h4-8,16,24H,9-12H2,1-3H3,(H,21,22,25)/t16-/m1/s1. The van der Waals surface area contributed by atoms with Gasteiger partial charge in [-0.15, -0.1) is 11.3 Å². The van der Waals surface area contributed by atoms with Gasteiger partial charge in [0.05, 0.1) is 24.6 Å². The number of benzene rings is 1. The molecule has 2 N–H and O–H groups in total. The van der Waals surface area contributed by atoms with Gasteiger partial charge < -0.3 is 14.8 Å². The van der Waals surface area contributed by atoms with E-state index in [-0.39, 0.29) is 5.56 Å². The molecule has 144 valence electrons. The Bertz CT molecular complexity index is 952. The third-order valence-corrected chi connectivity index (χ3v) is 5.79. The Kier molecular flexibility index (Phi) is 6.38. The van der Waals surface area contributed by atoms with Crippen LogP contribution in [0.25, 0.3) is 10.2 Å². The van der Waals surface area contributed by atoms with Gasteiger partial charge in [0.25, 0.3) is 5.56 Å². The molecule has 27 heavy (non-hydrogen) atoms. The summed E-state index contributed by atoms with van der Waals surface area (Å²) in [5.74, 6) is 0.602. The molecule has 3 aromatic rings. The summed E-state index contributed by atoms with van der Waals surface area (Å²) in [4.78, 5) is 23.9. The van der Waals surface area contributed by atoms with Crippen LogP contribution in [-0.2, 0) is 11.3 Å². The first-order valence-electron chi connectivity index (χ1n) is 8.92. The van der Waals surface area contributed by atoms with Crippen molar-refractivity contribution >= 4 is 21.6 Å². The number of hydrogen-bond donors (Lipinski definition) is 2. The molecular formula is C20H25N3O3S. The number of fused-ring (bicyclic) bond motifs is 1. The third kappa shape index (κ3) is 4.62. The van der Waals surface area contributed by atoms with Crippen molar-refractivity contribution in [1.29, 1.82) is 0 Å². The minimum absolute atomic E-state index is 0.104. The van der Waals surface area contributed by atoms with Gasteiger partial charge in [-0.25, -0.2) is 4.98 Å². The Balaban J connectivity index is 1.81. The molecule has 0 radical (unpaired) electrons. The predicted octanol–water partition coefficient (Wildman–Crippen LogP) is 2.78. The number of hydrogen-bond acceptors (Lipinski definition) is 6. The summed E-state index contributed by atoms with van der Waals surface area (Å²) in [7, 11) is 1.65. The molecule has 0 amide bonds. The van der Waals surface area contributed by atoms with E-state index in [9.17, 15) is 9.90 Å². The predicted molar refractivity (Wildman–Crippen MR) is 108 cm³/mol. The second-order valence-corrected chi connectivity index (χ2v) is 7.83. The lowest BCUT2D eigenvalue weighted by atomic mass is 10.1. The van der Waals surface area contributed by atoms with Crippen LogP contribution in [0.1, 0.15) is 27.9 Å². The molecule has 2 aromatic heterocycles. The van der Waals surface area contributed by atoms with Crippen molar-refractivity contribution in [1.82, 2.24) is 14.9 Å². The maximum absolute atomic E-state index is 12.5. The van der Waals surface area contributed by atoms with E-state index in [0.717, 1.165) is 20.8 Å². The summed E-state index contributed by atoms with van der Waals surface area (Å²) < 4.78 is 5.20. The van der Waals surface area contributed by atoms with Gasteiger partial charge in [-0.3, -0.25) is 9.69 Å². The molecule has 1 atom stereocenters. The SMILES string of the molecule is COCCN(Cc1nc2sc(C)c(C)c2c(=O)[nH]1)C[C@@H](O)c1ccccc1. The number of methoxy groups -OCH3 is 1. The number of ether oxygens (including phenoxy) is 1.